The van der Waals surface area contributed by atoms with Crippen molar-refractivity contribution in [2.45, 2.75) is 10.8 Å². The molecule has 3 aromatic carbocycles. The van der Waals surface area contributed by atoms with Crippen molar-refractivity contribution in [1.29, 1.82) is 0 Å². The lowest BCUT2D eigenvalue weighted by Crippen LogP contribution is -1.98. The molecule has 0 amide bonds. The number of nitrogens with zero attached hydrogens (tertiary/aromatic N) is 3. The minimum Gasteiger partial charge on any atom is -0.497 e. The highest BCUT2D eigenvalue weighted by Gasteiger charge is 2.16. The highest BCUT2D eigenvalue weighted by atomic mass is 32.2. The first-order valence-electron chi connectivity index (χ1n) is 9.93. The minimum absolute atomic E-state index is 0.813. The smallest absolute Gasteiger partial charge is 0.119 e. The average molecular weight is 428 g/mol. The second-order valence-corrected chi connectivity index (χ2v) is 8.05. The summed E-state index contributed by atoms with van der Waals surface area (Å²) in [5.41, 5.74) is 4.10. The second-order valence-electron chi connectivity index (χ2n) is 7.09. The van der Waals surface area contributed by atoms with Crippen molar-refractivity contribution in [1.82, 2.24) is 14.8 Å². The largest absolute Gasteiger partial charge is 0.497 e. The maximum atomic E-state index is 5.32. The third kappa shape index (κ3) is 3.70. The SMILES string of the molecule is COc1ccc(CSc2c3cnc4ccccc4c3nn2-c2ccc(OC)cc2)cc1. The molecule has 5 rings (SSSR count). The summed E-state index contributed by atoms with van der Waals surface area (Å²) in [6.07, 6.45) is 1.93. The first-order valence-corrected chi connectivity index (χ1v) is 10.9. The molecule has 0 spiro atoms. The van der Waals surface area contributed by atoms with Gasteiger partial charge >= 0.3 is 0 Å². The highest BCUT2D eigenvalue weighted by molar-refractivity contribution is 7.98. The number of ether oxygens (including phenoxy) is 2. The Kier molecular flexibility index (Phi) is 5.22. The van der Waals surface area contributed by atoms with E-state index in [1.54, 1.807) is 26.0 Å². The van der Waals surface area contributed by atoms with Crippen molar-refractivity contribution < 1.29 is 9.47 Å². The van der Waals surface area contributed by atoms with E-state index in [4.69, 9.17) is 14.6 Å². The van der Waals surface area contributed by atoms with Gasteiger partial charge in [-0.1, -0.05) is 30.3 Å². The molecular formula is C25H21N3O2S. The molecule has 5 aromatic rings. The average Bonchev–Trinajstić information content (AvgIpc) is 3.22. The number of para-hydroxylation sites is 1. The van der Waals surface area contributed by atoms with E-state index in [0.29, 0.717) is 0 Å². The number of pyridine rings is 1. The van der Waals surface area contributed by atoms with Crippen LogP contribution in [0.5, 0.6) is 11.5 Å². The summed E-state index contributed by atoms with van der Waals surface area (Å²) in [6, 6.07) is 24.3. The molecule has 0 fully saturated rings. The number of methoxy groups -OCH3 is 2. The number of aromatic nitrogens is 3. The van der Waals surface area contributed by atoms with Gasteiger partial charge in [0.05, 0.1) is 30.8 Å². The molecule has 0 bridgehead atoms. The van der Waals surface area contributed by atoms with Crippen LogP contribution in [-0.2, 0) is 5.75 Å². The zero-order valence-corrected chi connectivity index (χ0v) is 18.1. The Morgan fingerprint density at radius 3 is 2.19 bits per heavy atom. The molecule has 0 unspecified atom stereocenters. The van der Waals surface area contributed by atoms with Crippen LogP contribution in [0.25, 0.3) is 27.5 Å². The predicted molar refractivity (Wildman–Crippen MR) is 125 cm³/mol. The molecule has 0 atom stereocenters. The van der Waals surface area contributed by atoms with E-state index in [1.165, 1.54) is 5.56 Å². The molecule has 0 aliphatic rings. The summed E-state index contributed by atoms with van der Waals surface area (Å²) in [4.78, 5) is 4.68. The van der Waals surface area contributed by atoms with Crippen LogP contribution in [0.4, 0.5) is 0 Å². The van der Waals surface area contributed by atoms with Gasteiger partial charge in [-0.15, -0.1) is 11.8 Å². The van der Waals surface area contributed by atoms with Gasteiger partial charge in [0.2, 0.25) is 0 Å². The van der Waals surface area contributed by atoms with Crippen molar-refractivity contribution in [2.75, 3.05) is 14.2 Å². The predicted octanol–water partition coefficient (Wildman–Crippen LogP) is 5.88. The Balaban J connectivity index is 1.61. The zero-order valence-electron chi connectivity index (χ0n) is 17.3. The third-order valence-corrected chi connectivity index (χ3v) is 6.37. The van der Waals surface area contributed by atoms with Crippen LogP contribution in [0, 0.1) is 0 Å². The van der Waals surface area contributed by atoms with E-state index in [9.17, 15) is 0 Å². The lowest BCUT2D eigenvalue weighted by molar-refractivity contribution is 0.414. The summed E-state index contributed by atoms with van der Waals surface area (Å²) < 4.78 is 12.6. The lowest BCUT2D eigenvalue weighted by Gasteiger charge is -2.09. The van der Waals surface area contributed by atoms with Crippen molar-refractivity contribution >= 4 is 33.6 Å². The second kappa shape index (κ2) is 8.32. The molecular weight excluding hydrogens is 406 g/mol. The Hall–Kier alpha value is -3.51. The van der Waals surface area contributed by atoms with E-state index in [0.717, 1.165) is 49.8 Å². The molecule has 2 heterocycles. The molecule has 31 heavy (non-hydrogen) atoms. The van der Waals surface area contributed by atoms with Crippen molar-refractivity contribution in [3.05, 3.63) is 84.6 Å². The standard InChI is InChI=1S/C25H21N3O2S/c1-29-19-11-7-17(8-12-19)16-31-25-22-15-26-23-6-4-3-5-21(23)24(22)27-28(25)18-9-13-20(30-2)14-10-18/h3-15H,16H2,1-2H3. The van der Waals surface area contributed by atoms with Gasteiger partial charge in [0.15, 0.2) is 0 Å². The first kappa shape index (κ1) is 19.5. The van der Waals surface area contributed by atoms with Gasteiger partial charge in [0.1, 0.15) is 22.0 Å². The molecule has 154 valence electrons. The van der Waals surface area contributed by atoms with Gasteiger partial charge in [-0.25, -0.2) is 4.68 Å². The number of benzene rings is 3. The van der Waals surface area contributed by atoms with Crippen LogP contribution in [0.2, 0.25) is 0 Å². The topological polar surface area (TPSA) is 49.2 Å². The maximum Gasteiger partial charge on any atom is 0.119 e. The van der Waals surface area contributed by atoms with Gasteiger partial charge in [0, 0.05) is 17.3 Å². The number of hydrogen-bond acceptors (Lipinski definition) is 5. The Morgan fingerprint density at radius 1 is 0.806 bits per heavy atom. The summed E-state index contributed by atoms with van der Waals surface area (Å²) >= 11 is 1.75. The summed E-state index contributed by atoms with van der Waals surface area (Å²) in [5.74, 6) is 2.49. The Labute approximate surface area is 184 Å². The molecule has 0 N–H and O–H groups in total. The van der Waals surface area contributed by atoms with Crippen LogP contribution in [-0.4, -0.2) is 29.0 Å². The number of fused-ring (bicyclic) bond motifs is 3. The van der Waals surface area contributed by atoms with Crippen LogP contribution in [0.3, 0.4) is 0 Å². The van der Waals surface area contributed by atoms with Gasteiger partial charge < -0.3 is 9.47 Å². The monoisotopic (exact) mass is 427 g/mol. The Bertz CT molecular complexity index is 1350. The zero-order chi connectivity index (χ0) is 21.2. The molecule has 6 heteroatoms. The van der Waals surface area contributed by atoms with Gasteiger partial charge in [-0.3, -0.25) is 4.98 Å². The number of rotatable bonds is 6. The van der Waals surface area contributed by atoms with Crippen molar-refractivity contribution in [3.8, 4) is 17.2 Å². The van der Waals surface area contributed by atoms with Crippen LogP contribution in [0.15, 0.2) is 84.0 Å². The van der Waals surface area contributed by atoms with Crippen LogP contribution >= 0.6 is 11.8 Å². The van der Waals surface area contributed by atoms with Crippen LogP contribution in [0.1, 0.15) is 5.56 Å². The molecule has 0 radical (unpaired) electrons. The molecule has 2 aromatic heterocycles. The molecule has 5 nitrogen and oxygen atoms in total. The van der Waals surface area contributed by atoms with Crippen LogP contribution < -0.4 is 9.47 Å². The van der Waals surface area contributed by atoms with Gasteiger partial charge in [-0.2, -0.15) is 5.10 Å². The maximum absolute atomic E-state index is 5.32. The molecule has 0 saturated heterocycles. The molecule has 0 aliphatic carbocycles. The molecule has 0 aliphatic heterocycles. The summed E-state index contributed by atoms with van der Waals surface area (Å²) in [6.45, 7) is 0. The summed E-state index contributed by atoms with van der Waals surface area (Å²) in [7, 11) is 3.35. The van der Waals surface area contributed by atoms with E-state index < -0.39 is 0 Å². The van der Waals surface area contributed by atoms with Gasteiger partial charge in [0.25, 0.3) is 0 Å². The fourth-order valence-corrected chi connectivity index (χ4v) is 4.63. The number of hydrogen-bond donors (Lipinski definition) is 0. The first-order chi connectivity index (χ1) is 15.3. The normalized spacial score (nSPS) is 11.2. The fraction of sp³-hybridized carbons (Fsp3) is 0.120. The minimum atomic E-state index is 0.813. The lowest BCUT2D eigenvalue weighted by atomic mass is 10.2. The Morgan fingerprint density at radius 2 is 1.48 bits per heavy atom. The summed E-state index contributed by atoms with van der Waals surface area (Å²) in [5, 5.41) is 8.17. The van der Waals surface area contributed by atoms with E-state index in [2.05, 4.69) is 23.2 Å². The van der Waals surface area contributed by atoms with E-state index in [-0.39, 0.29) is 0 Å². The fourth-order valence-electron chi connectivity index (χ4n) is 3.56. The van der Waals surface area contributed by atoms with E-state index >= 15 is 0 Å². The highest BCUT2D eigenvalue weighted by Crippen LogP contribution is 2.35. The van der Waals surface area contributed by atoms with Crippen molar-refractivity contribution in [2.24, 2.45) is 0 Å². The quantitative estimate of drug-likeness (QED) is 0.317. The van der Waals surface area contributed by atoms with Crippen molar-refractivity contribution in [3.63, 3.8) is 0 Å². The third-order valence-electron chi connectivity index (χ3n) is 5.22. The molecule has 0 saturated carbocycles. The van der Waals surface area contributed by atoms with E-state index in [1.807, 2.05) is 65.5 Å². The van der Waals surface area contributed by atoms with Gasteiger partial charge in [-0.05, 0) is 48.0 Å². The number of thioether (sulfide) groups is 1.